The molecule has 0 saturated carbocycles. The van der Waals surface area contributed by atoms with E-state index >= 15 is 0 Å². The lowest BCUT2D eigenvalue weighted by Crippen LogP contribution is -2.28. The van der Waals surface area contributed by atoms with Crippen LogP contribution in [0.2, 0.25) is 0 Å². The molecule has 0 aliphatic carbocycles. The number of sulfone groups is 1. The molecule has 1 aliphatic heterocycles. The molecule has 1 aromatic rings. The van der Waals surface area contributed by atoms with E-state index in [9.17, 15) is 8.42 Å². The molecule has 1 heterocycles. The largest absolute Gasteiger partial charge is 0.317 e. The summed E-state index contributed by atoms with van der Waals surface area (Å²) < 4.78 is 22.3. The highest BCUT2D eigenvalue weighted by Crippen LogP contribution is 2.18. The number of nitrogens with one attached hydrogen (secondary N) is 1. The fraction of sp³-hybridized carbons (Fsp3) is 0.600. The minimum Gasteiger partial charge on any atom is -0.317 e. The molecular formula is C15H23NO2S. The zero-order valence-electron chi connectivity index (χ0n) is 11.6. The van der Waals surface area contributed by atoms with Gasteiger partial charge < -0.3 is 5.32 Å². The van der Waals surface area contributed by atoms with Gasteiger partial charge in [0.25, 0.3) is 0 Å². The first-order chi connectivity index (χ1) is 9.03. The molecule has 4 heteroatoms. The average Bonchev–Trinajstić information content (AvgIpc) is 2.38. The van der Waals surface area contributed by atoms with Gasteiger partial charge in [0.2, 0.25) is 0 Å². The van der Waals surface area contributed by atoms with E-state index in [1.54, 1.807) is 0 Å². The van der Waals surface area contributed by atoms with E-state index in [1.165, 1.54) is 24.7 Å². The third kappa shape index (κ3) is 5.33. The second kappa shape index (κ2) is 6.53. The van der Waals surface area contributed by atoms with Gasteiger partial charge in [0.1, 0.15) is 9.84 Å². The van der Waals surface area contributed by atoms with Gasteiger partial charge in [-0.1, -0.05) is 24.3 Å². The van der Waals surface area contributed by atoms with Crippen molar-refractivity contribution in [2.45, 2.75) is 25.7 Å². The van der Waals surface area contributed by atoms with E-state index < -0.39 is 9.84 Å². The van der Waals surface area contributed by atoms with Crippen molar-refractivity contribution in [1.82, 2.24) is 5.32 Å². The summed E-state index contributed by atoms with van der Waals surface area (Å²) in [6.45, 7) is 2.27. The van der Waals surface area contributed by atoms with Crippen LogP contribution in [0.5, 0.6) is 0 Å². The zero-order chi connectivity index (χ0) is 13.7. The Kier molecular flexibility index (Phi) is 4.99. The summed E-state index contributed by atoms with van der Waals surface area (Å²) in [7, 11) is -2.86. The smallest absolute Gasteiger partial charge is 0.147 e. The SMILES string of the molecule is CS(=O)(=O)CCc1ccc(CC2CCNCC2)cc1. The van der Waals surface area contributed by atoms with Crippen molar-refractivity contribution in [3.8, 4) is 0 Å². The third-order valence-corrected chi connectivity index (χ3v) is 4.71. The second-order valence-corrected chi connectivity index (χ2v) is 7.85. The molecule has 0 unspecified atom stereocenters. The van der Waals surface area contributed by atoms with Crippen molar-refractivity contribution in [3.05, 3.63) is 35.4 Å². The Bertz CT molecular complexity index is 487. The van der Waals surface area contributed by atoms with Crippen LogP contribution in [0, 0.1) is 5.92 Å². The first-order valence-electron chi connectivity index (χ1n) is 6.99. The van der Waals surface area contributed by atoms with E-state index in [0.29, 0.717) is 6.42 Å². The van der Waals surface area contributed by atoms with Crippen molar-refractivity contribution < 1.29 is 8.42 Å². The van der Waals surface area contributed by atoms with Gasteiger partial charge in [-0.2, -0.15) is 0 Å². The highest BCUT2D eigenvalue weighted by molar-refractivity contribution is 7.90. The topological polar surface area (TPSA) is 46.2 Å². The van der Waals surface area contributed by atoms with E-state index in [1.807, 2.05) is 0 Å². The number of hydrogen-bond acceptors (Lipinski definition) is 3. The molecule has 1 fully saturated rings. The summed E-state index contributed by atoms with van der Waals surface area (Å²) in [5, 5.41) is 3.38. The Morgan fingerprint density at radius 1 is 1.11 bits per heavy atom. The van der Waals surface area contributed by atoms with Gasteiger partial charge in [-0.15, -0.1) is 0 Å². The lowest BCUT2D eigenvalue weighted by molar-refractivity contribution is 0.372. The minimum atomic E-state index is -2.86. The molecule has 3 nitrogen and oxygen atoms in total. The quantitative estimate of drug-likeness (QED) is 0.895. The molecule has 106 valence electrons. The van der Waals surface area contributed by atoms with Crippen LogP contribution in [0.1, 0.15) is 24.0 Å². The Balaban J connectivity index is 1.87. The van der Waals surface area contributed by atoms with Gasteiger partial charge in [-0.05, 0) is 55.8 Å². The Morgan fingerprint density at radius 3 is 2.26 bits per heavy atom. The summed E-state index contributed by atoms with van der Waals surface area (Å²) in [5.41, 5.74) is 2.48. The second-order valence-electron chi connectivity index (χ2n) is 5.59. The molecule has 0 amide bonds. The standard InChI is InChI=1S/C15H23NO2S/c1-19(17,18)11-8-13-2-4-14(5-3-13)12-15-6-9-16-10-7-15/h2-5,15-16H,6-12H2,1H3. The van der Waals surface area contributed by atoms with Gasteiger partial charge in [-0.3, -0.25) is 0 Å². The van der Waals surface area contributed by atoms with Gasteiger partial charge in [0.15, 0.2) is 0 Å². The zero-order valence-corrected chi connectivity index (χ0v) is 12.4. The lowest BCUT2D eigenvalue weighted by Gasteiger charge is -2.22. The molecular weight excluding hydrogens is 258 g/mol. The first-order valence-corrected chi connectivity index (χ1v) is 9.05. The normalized spacial score (nSPS) is 17.5. The van der Waals surface area contributed by atoms with Crippen LogP contribution in [-0.4, -0.2) is 33.5 Å². The first kappa shape index (κ1) is 14.5. The average molecular weight is 281 g/mol. The van der Waals surface area contributed by atoms with Crippen molar-refractivity contribution in [1.29, 1.82) is 0 Å². The fourth-order valence-electron chi connectivity index (χ4n) is 2.56. The molecule has 0 bridgehead atoms. The summed E-state index contributed by atoms with van der Waals surface area (Å²) >= 11 is 0. The third-order valence-electron chi connectivity index (χ3n) is 3.77. The van der Waals surface area contributed by atoms with Crippen LogP contribution >= 0.6 is 0 Å². The maximum atomic E-state index is 11.1. The number of piperidine rings is 1. The van der Waals surface area contributed by atoms with Crippen LogP contribution in [-0.2, 0) is 22.7 Å². The van der Waals surface area contributed by atoms with E-state index in [2.05, 4.69) is 29.6 Å². The number of hydrogen-bond donors (Lipinski definition) is 1. The predicted molar refractivity (Wildman–Crippen MR) is 79.2 cm³/mol. The Morgan fingerprint density at radius 2 is 1.68 bits per heavy atom. The van der Waals surface area contributed by atoms with Crippen LogP contribution in [0.15, 0.2) is 24.3 Å². The molecule has 19 heavy (non-hydrogen) atoms. The fourth-order valence-corrected chi connectivity index (χ4v) is 3.17. The van der Waals surface area contributed by atoms with E-state index in [0.717, 1.165) is 31.0 Å². The summed E-state index contributed by atoms with van der Waals surface area (Å²) in [5.74, 6) is 1.03. The van der Waals surface area contributed by atoms with Crippen LogP contribution in [0.25, 0.3) is 0 Å². The molecule has 1 aromatic carbocycles. The minimum absolute atomic E-state index is 0.237. The summed E-state index contributed by atoms with van der Waals surface area (Å²) in [4.78, 5) is 0. The summed E-state index contributed by atoms with van der Waals surface area (Å²) in [6, 6.07) is 8.45. The van der Waals surface area contributed by atoms with Gasteiger partial charge in [-0.25, -0.2) is 8.42 Å². The molecule has 0 aromatic heterocycles. The van der Waals surface area contributed by atoms with Gasteiger partial charge in [0.05, 0.1) is 5.75 Å². The number of benzene rings is 1. The van der Waals surface area contributed by atoms with E-state index in [-0.39, 0.29) is 5.75 Å². The molecule has 1 saturated heterocycles. The number of rotatable bonds is 5. The molecule has 0 atom stereocenters. The molecule has 1 N–H and O–H groups in total. The van der Waals surface area contributed by atoms with Crippen molar-refractivity contribution in [2.24, 2.45) is 5.92 Å². The van der Waals surface area contributed by atoms with Crippen molar-refractivity contribution in [2.75, 3.05) is 25.1 Å². The molecule has 0 spiro atoms. The molecule has 1 aliphatic rings. The highest BCUT2D eigenvalue weighted by Gasteiger charge is 2.13. The summed E-state index contributed by atoms with van der Waals surface area (Å²) in [6.07, 6.45) is 5.57. The van der Waals surface area contributed by atoms with Crippen molar-refractivity contribution in [3.63, 3.8) is 0 Å². The van der Waals surface area contributed by atoms with Crippen molar-refractivity contribution >= 4 is 9.84 Å². The van der Waals surface area contributed by atoms with E-state index in [4.69, 9.17) is 0 Å². The Hall–Kier alpha value is -0.870. The predicted octanol–water partition coefficient (Wildman–Crippen LogP) is 1.82. The van der Waals surface area contributed by atoms with Crippen LogP contribution < -0.4 is 5.32 Å². The molecule has 2 rings (SSSR count). The lowest BCUT2D eigenvalue weighted by atomic mass is 9.91. The van der Waals surface area contributed by atoms with Crippen LogP contribution in [0.3, 0.4) is 0 Å². The monoisotopic (exact) mass is 281 g/mol. The maximum absolute atomic E-state index is 11.1. The number of aryl methyl sites for hydroxylation is 1. The van der Waals surface area contributed by atoms with Gasteiger partial charge in [0, 0.05) is 6.26 Å². The van der Waals surface area contributed by atoms with Gasteiger partial charge >= 0.3 is 0 Å². The molecule has 0 radical (unpaired) electrons. The maximum Gasteiger partial charge on any atom is 0.147 e. The highest BCUT2D eigenvalue weighted by atomic mass is 32.2. The van der Waals surface area contributed by atoms with Crippen LogP contribution in [0.4, 0.5) is 0 Å². The Labute approximate surface area is 116 Å².